The number of aliphatic hydroxyl groups excluding tert-OH is 2. The Bertz CT molecular complexity index is 1320. The minimum atomic E-state index is -0.382. The molecule has 0 bridgehead atoms. The Morgan fingerprint density at radius 3 is 1.91 bits per heavy atom. The molecule has 3 heteroatoms. The van der Waals surface area contributed by atoms with Gasteiger partial charge in [-0.2, -0.15) is 0 Å². The summed E-state index contributed by atoms with van der Waals surface area (Å²) >= 11 is 0. The quantitative estimate of drug-likeness (QED) is 0.210. The molecule has 1 saturated carbocycles. The number of allylic oxidation sites excluding steroid dienone is 16. The van der Waals surface area contributed by atoms with Crippen molar-refractivity contribution in [2.45, 2.75) is 112 Å². The molecule has 0 aromatic carbocycles. The topological polar surface area (TPSA) is 49.7 Å². The maximum Gasteiger partial charge on any atom is 0.0982 e. The zero-order chi connectivity index (χ0) is 32.0. The van der Waals surface area contributed by atoms with Crippen LogP contribution in [0.1, 0.15) is 88.5 Å². The van der Waals surface area contributed by atoms with Gasteiger partial charge in [0.1, 0.15) is 0 Å². The van der Waals surface area contributed by atoms with Gasteiger partial charge < -0.3 is 14.9 Å². The van der Waals surface area contributed by atoms with E-state index in [0.29, 0.717) is 12.3 Å². The molecule has 3 nitrogen and oxygen atoms in total. The van der Waals surface area contributed by atoms with Gasteiger partial charge in [0.05, 0.1) is 23.9 Å². The lowest BCUT2D eigenvalue weighted by atomic mass is 9.65. The Balaban J connectivity index is 1.52. The van der Waals surface area contributed by atoms with Gasteiger partial charge in [-0.3, -0.25) is 0 Å². The van der Waals surface area contributed by atoms with Gasteiger partial charge in [0.15, 0.2) is 0 Å². The van der Waals surface area contributed by atoms with Crippen molar-refractivity contribution in [1.29, 1.82) is 0 Å². The molecule has 2 aliphatic carbocycles. The molecule has 3 aliphatic rings. The van der Waals surface area contributed by atoms with Gasteiger partial charge in [0, 0.05) is 12.3 Å². The molecule has 5 atom stereocenters. The van der Waals surface area contributed by atoms with Gasteiger partial charge in [-0.25, -0.2) is 0 Å². The first-order chi connectivity index (χ1) is 20.0. The first-order valence-electron chi connectivity index (χ1n) is 15.9. The Morgan fingerprint density at radius 2 is 1.30 bits per heavy atom. The van der Waals surface area contributed by atoms with Crippen molar-refractivity contribution in [3.63, 3.8) is 0 Å². The van der Waals surface area contributed by atoms with E-state index in [1.807, 2.05) is 6.08 Å². The number of ether oxygens (including phenoxy) is 1. The van der Waals surface area contributed by atoms with Crippen LogP contribution in [0.3, 0.4) is 0 Å². The molecule has 0 aromatic heterocycles. The molecule has 1 fully saturated rings. The van der Waals surface area contributed by atoms with Crippen molar-refractivity contribution in [3.05, 3.63) is 119 Å². The van der Waals surface area contributed by atoms with Crippen LogP contribution in [0.25, 0.3) is 0 Å². The third kappa shape index (κ3) is 9.63. The number of rotatable bonds is 9. The highest BCUT2D eigenvalue weighted by Crippen LogP contribution is 2.52. The highest BCUT2D eigenvalue weighted by molar-refractivity contribution is 5.37. The van der Waals surface area contributed by atoms with E-state index in [2.05, 4.69) is 148 Å². The van der Waals surface area contributed by atoms with E-state index in [1.165, 1.54) is 33.4 Å². The van der Waals surface area contributed by atoms with E-state index < -0.39 is 0 Å². The predicted octanol–water partition coefficient (Wildman–Crippen LogP) is 9.61. The summed E-state index contributed by atoms with van der Waals surface area (Å²) in [5.74, 6) is 0.344. The molecule has 1 heterocycles. The van der Waals surface area contributed by atoms with E-state index >= 15 is 0 Å². The van der Waals surface area contributed by atoms with Gasteiger partial charge in [0.25, 0.3) is 0 Å². The van der Waals surface area contributed by atoms with Crippen molar-refractivity contribution in [2.24, 2.45) is 16.7 Å². The maximum atomic E-state index is 10.4. The monoisotopic (exact) mass is 584 g/mol. The number of hydrogen-bond donors (Lipinski definition) is 2. The largest absolute Gasteiger partial charge is 0.393 e. The molecule has 1 aliphatic heterocycles. The fourth-order valence-electron chi connectivity index (χ4n) is 7.04. The van der Waals surface area contributed by atoms with Crippen molar-refractivity contribution in [1.82, 2.24) is 0 Å². The molecule has 0 unspecified atom stereocenters. The third-order valence-electron chi connectivity index (χ3n) is 9.16. The van der Waals surface area contributed by atoms with Crippen LogP contribution in [0, 0.1) is 16.7 Å². The first-order valence-corrected chi connectivity index (χ1v) is 15.9. The van der Waals surface area contributed by atoms with Gasteiger partial charge in [0.2, 0.25) is 0 Å². The fraction of sp³-hybridized carbons (Fsp3) is 0.500. The Morgan fingerprint density at radius 1 is 0.744 bits per heavy atom. The fourth-order valence-corrected chi connectivity index (χ4v) is 7.04. The molecule has 2 N–H and O–H groups in total. The summed E-state index contributed by atoms with van der Waals surface area (Å²) in [5.41, 5.74) is 6.92. The Hall–Kier alpha value is -2.72. The van der Waals surface area contributed by atoms with Gasteiger partial charge in [-0.05, 0) is 82.4 Å². The lowest BCUT2D eigenvalue weighted by Gasteiger charge is -2.44. The van der Waals surface area contributed by atoms with Crippen LogP contribution >= 0.6 is 0 Å². The van der Waals surface area contributed by atoms with Crippen LogP contribution in [0.15, 0.2) is 119 Å². The van der Waals surface area contributed by atoms with Crippen molar-refractivity contribution in [3.8, 4) is 0 Å². The normalized spacial score (nSPS) is 32.3. The van der Waals surface area contributed by atoms with Crippen LogP contribution in [0.2, 0.25) is 0 Å². The SMILES string of the molecule is CC1=C[C@H](O)CC(C)(C)[C@H]1/C=C/C(C)=C/C=C/C(C)=C/C=C/C=C(C)/C=C/C=C(\C)[C@H]1C=C2C(C)(C)C[C@@H](O)C[C@@]2(C)O1. The molecule has 0 aromatic rings. The van der Waals surface area contributed by atoms with Crippen LogP contribution in [-0.2, 0) is 4.74 Å². The second-order valence-corrected chi connectivity index (χ2v) is 14.5. The minimum absolute atomic E-state index is 0.0467. The van der Waals surface area contributed by atoms with Crippen molar-refractivity contribution in [2.75, 3.05) is 0 Å². The van der Waals surface area contributed by atoms with Gasteiger partial charge in [-0.1, -0.05) is 129 Å². The van der Waals surface area contributed by atoms with E-state index in [0.717, 1.165) is 12.8 Å². The average Bonchev–Trinajstić information content (AvgIpc) is 3.23. The molecule has 0 amide bonds. The summed E-state index contributed by atoms with van der Waals surface area (Å²) in [6.45, 7) is 21.6. The molecule has 0 spiro atoms. The summed E-state index contributed by atoms with van der Waals surface area (Å²) in [6.07, 6.45) is 31.3. The Labute approximate surface area is 262 Å². The maximum absolute atomic E-state index is 10.4. The van der Waals surface area contributed by atoms with E-state index in [1.54, 1.807) is 0 Å². The lowest BCUT2D eigenvalue weighted by Crippen LogP contribution is -2.45. The molecule has 0 radical (unpaired) electrons. The van der Waals surface area contributed by atoms with Gasteiger partial charge in [-0.15, -0.1) is 0 Å². The molecule has 234 valence electrons. The predicted molar refractivity (Wildman–Crippen MR) is 184 cm³/mol. The summed E-state index contributed by atoms with van der Waals surface area (Å²) in [7, 11) is 0. The molecule has 3 rings (SSSR count). The molecular weight excluding hydrogens is 528 g/mol. The highest BCUT2D eigenvalue weighted by atomic mass is 16.5. The summed E-state index contributed by atoms with van der Waals surface area (Å²) in [6, 6.07) is 0. The summed E-state index contributed by atoms with van der Waals surface area (Å²) in [4.78, 5) is 0. The standard InChI is InChI=1S/C40H56O3/c1-28(17-13-18-30(3)21-22-35-32(5)23-33(41)25-38(35,6)7)15-11-12-16-29(2)19-14-20-31(4)36-24-37-39(8,9)26-34(42)27-40(37,10)43-36/h11-24,33-36,41-42H,25-27H2,1-10H3/b12-11+,17-13+,19-14+,22-21+,28-15+,29-16+,30-18+,31-20+/t33-,34+,35-,36+,40+/m0/s1. The highest BCUT2D eigenvalue weighted by Gasteiger charge is 2.50. The minimum Gasteiger partial charge on any atom is -0.393 e. The Kier molecular flexibility index (Phi) is 11.6. The number of fused-ring (bicyclic) bond motifs is 1. The van der Waals surface area contributed by atoms with E-state index in [4.69, 9.17) is 4.74 Å². The zero-order valence-corrected chi connectivity index (χ0v) is 28.3. The van der Waals surface area contributed by atoms with Crippen LogP contribution < -0.4 is 0 Å². The van der Waals surface area contributed by atoms with Crippen molar-refractivity contribution >= 4 is 0 Å². The van der Waals surface area contributed by atoms with Crippen LogP contribution in [0.4, 0.5) is 0 Å². The van der Waals surface area contributed by atoms with Gasteiger partial charge >= 0.3 is 0 Å². The van der Waals surface area contributed by atoms with Crippen LogP contribution in [-0.4, -0.2) is 34.1 Å². The smallest absolute Gasteiger partial charge is 0.0982 e. The average molecular weight is 585 g/mol. The number of aliphatic hydroxyl groups is 2. The summed E-state index contributed by atoms with van der Waals surface area (Å²) < 4.78 is 6.46. The van der Waals surface area contributed by atoms with E-state index in [-0.39, 0.29) is 34.7 Å². The lowest BCUT2D eigenvalue weighted by molar-refractivity contribution is -0.0683. The zero-order valence-electron chi connectivity index (χ0n) is 28.3. The summed E-state index contributed by atoms with van der Waals surface area (Å²) in [5, 5.41) is 20.5. The van der Waals surface area contributed by atoms with E-state index in [9.17, 15) is 10.2 Å². The first kappa shape index (κ1) is 34.8. The number of hydrogen-bond acceptors (Lipinski definition) is 3. The molecular formula is C40H56O3. The molecule has 43 heavy (non-hydrogen) atoms. The second kappa shape index (κ2) is 14.4. The van der Waals surface area contributed by atoms with Crippen molar-refractivity contribution < 1.29 is 14.9 Å². The molecule has 0 saturated heterocycles. The third-order valence-corrected chi connectivity index (χ3v) is 9.16. The second-order valence-electron chi connectivity index (χ2n) is 14.5. The van der Waals surface area contributed by atoms with Crippen LogP contribution in [0.5, 0.6) is 0 Å².